The number of carbonyl (C=O) groups excluding carboxylic acids is 1. The van der Waals surface area contributed by atoms with Crippen molar-refractivity contribution in [1.82, 2.24) is 20.4 Å². The van der Waals surface area contributed by atoms with E-state index in [-0.39, 0.29) is 11.9 Å². The molecule has 5 nitrogen and oxygen atoms in total. The number of nitrogens with one attached hydrogen (secondary N) is 2. The summed E-state index contributed by atoms with van der Waals surface area (Å²) in [6, 6.07) is 12.5. The zero-order chi connectivity index (χ0) is 17.2. The van der Waals surface area contributed by atoms with E-state index in [4.69, 9.17) is 0 Å². The summed E-state index contributed by atoms with van der Waals surface area (Å²) in [5, 5.41) is 10.7. The summed E-state index contributed by atoms with van der Waals surface area (Å²) in [5.74, 6) is 0.534. The second-order valence-corrected chi connectivity index (χ2v) is 7.41. The molecule has 132 valence electrons. The van der Waals surface area contributed by atoms with Gasteiger partial charge in [0.2, 0.25) is 5.91 Å². The molecular weight excluding hydrogens is 312 g/mol. The van der Waals surface area contributed by atoms with Gasteiger partial charge in [-0.25, -0.2) is 0 Å². The lowest BCUT2D eigenvalue weighted by Gasteiger charge is -2.37. The molecule has 0 bridgehead atoms. The molecule has 2 heterocycles. The van der Waals surface area contributed by atoms with Gasteiger partial charge in [0.05, 0.1) is 5.69 Å². The summed E-state index contributed by atoms with van der Waals surface area (Å²) < 4.78 is 0. The van der Waals surface area contributed by atoms with E-state index in [1.54, 1.807) is 0 Å². The number of likely N-dealkylation sites (tertiary alicyclic amines) is 1. The van der Waals surface area contributed by atoms with E-state index in [9.17, 15) is 4.79 Å². The van der Waals surface area contributed by atoms with Gasteiger partial charge in [-0.1, -0.05) is 30.3 Å². The van der Waals surface area contributed by atoms with Crippen LogP contribution in [0.4, 0.5) is 0 Å². The van der Waals surface area contributed by atoms with Gasteiger partial charge in [-0.2, -0.15) is 5.10 Å². The Morgan fingerprint density at radius 1 is 1.28 bits per heavy atom. The van der Waals surface area contributed by atoms with Crippen molar-refractivity contribution in [3.63, 3.8) is 0 Å². The van der Waals surface area contributed by atoms with Crippen molar-refractivity contribution in [2.75, 3.05) is 13.1 Å². The average molecular weight is 338 g/mol. The number of aromatic nitrogens is 2. The molecule has 2 fully saturated rings. The number of carbonyl (C=O) groups is 1. The molecule has 4 rings (SSSR count). The molecule has 25 heavy (non-hydrogen) atoms. The van der Waals surface area contributed by atoms with Crippen molar-refractivity contribution in [3.8, 4) is 0 Å². The van der Waals surface area contributed by atoms with E-state index in [2.05, 4.69) is 38.6 Å². The molecule has 1 amide bonds. The van der Waals surface area contributed by atoms with Gasteiger partial charge in [-0.15, -0.1) is 0 Å². The first kappa shape index (κ1) is 16.3. The van der Waals surface area contributed by atoms with Crippen molar-refractivity contribution < 1.29 is 4.79 Å². The molecule has 1 aromatic heterocycles. The number of piperidine rings is 1. The van der Waals surface area contributed by atoms with E-state index in [1.165, 1.54) is 0 Å². The van der Waals surface area contributed by atoms with Gasteiger partial charge in [-0.3, -0.25) is 14.8 Å². The molecule has 1 aromatic carbocycles. The van der Waals surface area contributed by atoms with E-state index in [1.807, 2.05) is 25.1 Å². The Morgan fingerprint density at radius 3 is 2.76 bits per heavy atom. The summed E-state index contributed by atoms with van der Waals surface area (Å²) in [4.78, 5) is 15.3. The number of hydrogen-bond acceptors (Lipinski definition) is 3. The number of hydrogen-bond donors (Lipinski definition) is 2. The first-order chi connectivity index (χ1) is 12.2. The van der Waals surface area contributed by atoms with Crippen LogP contribution >= 0.6 is 0 Å². The minimum absolute atomic E-state index is 0.146. The van der Waals surface area contributed by atoms with Gasteiger partial charge in [0.25, 0.3) is 0 Å². The van der Waals surface area contributed by atoms with Gasteiger partial charge in [0.15, 0.2) is 0 Å². The minimum atomic E-state index is -0.204. The molecule has 2 N–H and O–H groups in total. The lowest BCUT2D eigenvalue weighted by Crippen LogP contribution is -2.45. The van der Waals surface area contributed by atoms with E-state index < -0.39 is 0 Å². The highest BCUT2D eigenvalue weighted by molar-refractivity contribution is 5.83. The lowest BCUT2D eigenvalue weighted by molar-refractivity contribution is -0.127. The Balaban J connectivity index is 1.56. The van der Waals surface area contributed by atoms with E-state index in [0.29, 0.717) is 12.0 Å². The van der Waals surface area contributed by atoms with Crippen molar-refractivity contribution >= 4 is 5.91 Å². The first-order valence-electron chi connectivity index (χ1n) is 9.32. The number of benzene rings is 1. The van der Waals surface area contributed by atoms with Crippen LogP contribution in [-0.4, -0.2) is 40.1 Å². The predicted molar refractivity (Wildman–Crippen MR) is 97.2 cm³/mol. The van der Waals surface area contributed by atoms with E-state index in [0.717, 1.165) is 55.7 Å². The maximum atomic E-state index is 13.0. The number of nitrogens with zero attached hydrogens (tertiary/aromatic N) is 2. The Hall–Kier alpha value is -2.14. The Kier molecular flexibility index (Phi) is 4.57. The third-order valence-electron chi connectivity index (χ3n) is 5.25. The molecule has 0 spiro atoms. The van der Waals surface area contributed by atoms with Crippen molar-refractivity contribution in [2.45, 2.75) is 50.6 Å². The fraction of sp³-hybridized carbons (Fsp3) is 0.500. The SMILES string of the molecule is Cc1cc([C@H]2CCCN([C@@H](C(=O)NC3CC3)c3ccccc3)C2)n[nH]1. The third-order valence-corrected chi connectivity index (χ3v) is 5.25. The monoisotopic (exact) mass is 338 g/mol. The number of H-pyrrole nitrogens is 1. The van der Waals surface area contributed by atoms with Crippen molar-refractivity contribution in [2.24, 2.45) is 0 Å². The highest BCUT2D eigenvalue weighted by Gasteiger charge is 2.35. The van der Waals surface area contributed by atoms with Crippen molar-refractivity contribution in [3.05, 3.63) is 53.3 Å². The first-order valence-corrected chi connectivity index (χ1v) is 9.32. The topological polar surface area (TPSA) is 61.0 Å². The maximum Gasteiger partial charge on any atom is 0.242 e. The minimum Gasteiger partial charge on any atom is -0.352 e. The fourth-order valence-corrected chi connectivity index (χ4v) is 3.80. The molecule has 5 heteroatoms. The van der Waals surface area contributed by atoms with E-state index >= 15 is 0 Å². The average Bonchev–Trinajstić information content (AvgIpc) is 3.33. The van der Waals surface area contributed by atoms with Gasteiger partial charge in [0.1, 0.15) is 6.04 Å². The molecule has 2 atom stereocenters. The molecular formula is C20H26N4O. The predicted octanol–water partition coefficient (Wildman–Crippen LogP) is 2.92. The molecule has 0 unspecified atom stereocenters. The number of rotatable bonds is 5. The van der Waals surface area contributed by atoms with Crippen LogP contribution < -0.4 is 5.32 Å². The summed E-state index contributed by atoms with van der Waals surface area (Å²) in [7, 11) is 0. The van der Waals surface area contributed by atoms with Crippen LogP contribution in [0.5, 0.6) is 0 Å². The normalized spacial score (nSPS) is 22.5. The van der Waals surface area contributed by atoms with Crippen LogP contribution in [0.2, 0.25) is 0 Å². The Labute approximate surface area is 148 Å². The zero-order valence-corrected chi connectivity index (χ0v) is 14.7. The molecule has 1 aliphatic carbocycles. The van der Waals surface area contributed by atoms with Gasteiger partial charge >= 0.3 is 0 Å². The van der Waals surface area contributed by atoms with Crippen LogP contribution in [0, 0.1) is 6.92 Å². The Bertz CT molecular complexity index is 722. The van der Waals surface area contributed by atoms with Crippen molar-refractivity contribution in [1.29, 1.82) is 0 Å². The standard InChI is InChI=1S/C20H26N4O/c1-14-12-18(23-22-14)16-8-5-11-24(13-16)19(15-6-3-2-4-7-15)20(25)21-17-9-10-17/h2-4,6-7,12,16-17,19H,5,8-11,13H2,1H3,(H,21,25)(H,22,23)/t16-,19+/m0/s1. The number of amides is 1. The molecule has 0 radical (unpaired) electrons. The smallest absolute Gasteiger partial charge is 0.242 e. The molecule has 2 aliphatic rings. The second kappa shape index (κ2) is 7.00. The highest BCUT2D eigenvalue weighted by Crippen LogP contribution is 2.32. The third kappa shape index (κ3) is 3.76. The fourth-order valence-electron chi connectivity index (χ4n) is 3.80. The summed E-state index contributed by atoms with van der Waals surface area (Å²) >= 11 is 0. The molecule has 1 saturated carbocycles. The Morgan fingerprint density at radius 2 is 2.08 bits per heavy atom. The van der Waals surface area contributed by atoms with Crippen LogP contribution in [0.15, 0.2) is 36.4 Å². The van der Waals surface area contributed by atoms with Crippen LogP contribution in [-0.2, 0) is 4.79 Å². The zero-order valence-electron chi connectivity index (χ0n) is 14.7. The highest BCUT2D eigenvalue weighted by atomic mass is 16.2. The van der Waals surface area contributed by atoms with Crippen LogP contribution in [0.1, 0.15) is 54.6 Å². The number of aryl methyl sites for hydroxylation is 1. The number of aromatic amines is 1. The lowest BCUT2D eigenvalue weighted by atomic mass is 9.92. The second-order valence-electron chi connectivity index (χ2n) is 7.41. The summed E-state index contributed by atoms with van der Waals surface area (Å²) in [5.41, 5.74) is 3.30. The van der Waals surface area contributed by atoms with Gasteiger partial charge in [-0.05, 0) is 50.8 Å². The molecule has 1 aliphatic heterocycles. The molecule has 1 saturated heterocycles. The summed E-state index contributed by atoms with van der Waals surface area (Å²) in [6.45, 7) is 3.87. The molecule has 2 aromatic rings. The van der Waals surface area contributed by atoms with Gasteiger partial charge < -0.3 is 5.32 Å². The van der Waals surface area contributed by atoms with Gasteiger partial charge in [0, 0.05) is 24.2 Å². The largest absolute Gasteiger partial charge is 0.352 e. The van der Waals surface area contributed by atoms with Crippen LogP contribution in [0.3, 0.4) is 0 Å². The van der Waals surface area contributed by atoms with Crippen LogP contribution in [0.25, 0.3) is 0 Å². The summed E-state index contributed by atoms with van der Waals surface area (Å²) in [6.07, 6.45) is 4.45. The quantitative estimate of drug-likeness (QED) is 0.881. The maximum absolute atomic E-state index is 13.0.